The van der Waals surface area contributed by atoms with Crippen LogP contribution in [0.5, 0.6) is 5.88 Å². The highest BCUT2D eigenvalue weighted by molar-refractivity contribution is 5.96. The van der Waals surface area contributed by atoms with Gasteiger partial charge in [-0.3, -0.25) is 0 Å². The third-order valence-corrected chi connectivity index (χ3v) is 3.55. The summed E-state index contributed by atoms with van der Waals surface area (Å²) in [6.07, 6.45) is 3.70. The molecule has 0 saturated carbocycles. The number of carboxylic acid groups (broad SMARTS) is 1. The third kappa shape index (κ3) is 2.12. The van der Waals surface area contributed by atoms with E-state index in [0.717, 1.165) is 31.5 Å². The van der Waals surface area contributed by atoms with Crippen LogP contribution in [-0.2, 0) is 6.54 Å². The number of hydrogen-bond acceptors (Lipinski definition) is 4. The molecule has 0 bridgehead atoms. The summed E-state index contributed by atoms with van der Waals surface area (Å²) in [5.41, 5.74) is 1.77. The third-order valence-electron chi connectivity index (χ3n) is 3.55. The first-order valence-corrected chi connectivity index (χ1v) is 6.57. The second kappa shape index (κ2) is 4.70. The average molecular weight is 263 g/mol. The van der Waals surface area contributed by atoms with E-state index in [1.165, 1.54) is 0 Å². The van der Waals surface area contributed by atoms with Crippen molar-refractivity contribution in [1.82, 2.24) is 15.1 Å². The van der Waals surface area contributed by atoms with Crippen LogP contribution in [0.25, 0.3) is 5.57 Å². The lowest BCUT2D eigenvalue weighted by atomic mass is 10.0. The SMILES string of the molecule is C[C@@H]1CCn2nc(C3=CCNCC3)c(C(=O)O)c2O1. The molecule has 0 unspecified atom stereocenters. The summed E-state index contributed by atoms with van der Waals surface area (Å²) in [5.74, 6) is -0.564. The zero-order chi connectivity index (χ0) is 13.4. The largest absolute Gasteiger partial charge is 0.477 e. The Balaban J connectivity index is 2.09. The Kier molecular flexibility index (Phi) is 3.02. The van der Waals surface area contributed by atoms with Crippen molar-refractivity contribution >= 4 is 11.5 Å². The molecule has 0 spiro atoms. The van der Waals surface area contributed by atoms with E-state index in [9.17, 15) is 9.90 Å². The second-order valence-electron chi connectivity index (χ2n) is 4.96. The first-order chi connectivity index (χ1) is 9.16. The van der Waals surface area contributed by atoms with Gasteiger partial charge in [0.2, 0.25) is 5.88 Å². The van der Waals surface area contributed by atoms with Crippen LogP contribution >= 0.6 is 0 Å². The van der Waals surface area contributed by atoms with E-state index in [4.69, 9.17) is 4.74 Å². The van der Waals surface area contributed by atoms with Gasteiger partial charge in [0.05, 0.1) is 6.10 Å². The van der Waals surface area contributed by atoms with Crippen LogP contribution in [0.3, 0.4) is 0 Å². The van der Waals surface area contributed by atoms with E-state index in [-0.39, 0.29) is 11.7 Å². The maximum absolute atomic E-state index is 11.5. The van der Waals surface area contributed by atoms with Gasteiger partial charge in [0.25, 0.3) is 0 Å². The molecule has 0 radical (unpaired) electrons. The maximum Gasteiger partial charge on any atom is 0.343 e. The lowest BCUT2D eigenvalue weighted by molar-refractivity contribution is 0.0683. The first-order valence-electron chi connectivity index (χ1n) is 6.57. The smallest absolute Gasteiger partial charge is 0.343 e. The van der Waals surface area contributed by atoms with E-state index in [1.807, 2.05) is 13.0 Å². The van der Waals surface area contributed by atoms with Crippen molar-refractivity contribution in [2.75, 3.05) is 13.1 Å². The van der Waals surface area contributed by atoms with E-state index in [1.54, 1.807) is 4.68 Å². The fraction of sp³-hybridized carbons (Fsp3) is 0.538. The van der Waals surface area contributed by atoms with Crippen molar-refractivity contribution in [3.8, 4) is 5.88 Å². The number of nitrogens with zero attached hydrogens (tertiary/aromatic N) is 2. The maximum atomic E-state index is 11.5. The van der Waals surface area contributed by atoms with Crippen LogP contribution in [0.2, 0.25) is 0 Å². The Hall–Kier alpha value is -1.82. The average Bonchev–Trinajstić information content (AvgIpc) is 2.78. The Morgan fingerprint density at radius 2 is 2.47 bits per heavy atom. The highest BCUT2D eigenvalue weighted by atomic mass is 16.5. The molecule has 3 heterocycles. The Labute approximate surface area is 111 Å². The van der Waals surface area contributed by atoms with Crippen LogP contribution in [0.4, 0.5) is 0 Å². The predicted octanol–water partition coefficient (Wildman–Crippen LogP) is 1.13. The standard InChI is InChI=1S/C13H17N3O3/c1-8-4-7-16-12(19-8)10(13(17)18)11(15-16)9-2-5-14-6-3-9/h2,8,14H,3-7H2,1H3,(H,17,18)/t8-/m1/s1. The highest BCUT2D eigenvalue weighted by Gasteiger charge is 2.30. The molecule has 2 aliphatic heterocycles. The topological polar surface area (TPSA) is 76.4 Å². The number of nitrogens with one attached hydrogen (secondary N) is 1. The van der Waals surface area contributed by atoms with Crippen molar-refractivity contribution < 1.29 is 14.6 Å². The molecule has 0 saturated heterocycles. The van der Waals surface area contributed by atoms with Gasteiger partial charge < -0.3 is 15.2 Å². The Bertz CT molecular complexity index is 548. The number of carbonyl (C=O) groups is 1. The minimum absolute atomic E-state index is 0.0390. The second-order valence-corrected chi connectivity index (χ2v) is 4.96. The molecule has 0 aliphatic carbocycles. The van der Waals surface area contributed by atoms with Crippen molar-refractivity contribution in [3.05, 3.63) is 17.3 Å². The van der Waals surface area contributed by atoms with Crippen LogP contribution in [0.15, 0.2) is 6.08 Å². The lowest BCUT2D eigenvalue weighted by Gasteiger charge is -2.21. The van der Waals surface area contributed by atoms with Gasteiger partial charge in [-0.15, -0.1) is 0 Å². The minimum atomic E-state index is -0.968. The number of fused-ring (bicyclic) bond motifs is 1. The van der Waals surface area contributed by atoms with Gasteiger partial charge in [0, 0.05) is 19.5 Å². The number of carboxylic acids is 1. The molecule has 0 fully saturated rings. The Morgan fingerprint density at radius 1 is 1.63 bits per heavy atom. The molecule has 0 amide bonds. The Morgan fingerprint density at radius 3 is 3.16 bits per heavy atom. The van der Waals surface area contributed by atoms with E-state index in [2.05, 4.69) is 10.4 Å². The van der Waals surface area contributed by atoms with Crippen LogP contribution in [-0.4, -0.2) is 40.0 Å². The zero-order valence-corrected chi connectivity index (χ0v) is 10.8. The van der Waals surface area contributed by atoms with Gasteiger partial charge in [-0.05, 0) is 25.5 Å². The first kappa shape index (κ1) is 12.2. The van der Waals surface area contributed by atoms with E-state index >= 15 is 0 Å². The van der Waals surface area contributed by atoms with Gasteiger partial charge in [-0.2, -0.15) is 5.10 Å². The zero-order valence-electron chi connectivity index (χ0n) is 10.8. The van der Waals surface area contributed by atoms with Crippen molar-refractivity contribution in [1.29, 1.82) is 0 Å². The van der Waals surface area contributed by atoms with Crippen LogP contribution in [0.1, 0.15) is 35.8 Å². The number of ether oxygens (including phenoxy) is 1. The van der Waals surface area contributed by atoms with Crippen molar-refractivity contribution in [2.24, 2.45) is 0 Å². The molecular weight excluding hydrogens is 246 g/mol. The fourth-order valence-corrected chi connectivity index (χ4v) is 2.53. The highest BCUT2D eigenvalue weighted by Crippen LogP contribution is 2.33. The molecule has 6 nitrogen and oxygen atoms in total. The summed E-state index contributed by atoms with van der Waals surface area (Å²) >= 11 is 0. The van der Waals surface area contributed by atoms with Crippen LogP contribution in [0, 0.1) is 0 Å². The van der Waals surface area contributed by atoms with Gasteiger partial charge in [0.1, 0.15) is 11.3 Å². The monoisotopic (exact) mass is 263 g/mol. The lowest BCUT2D eigenvalue weighted by Crippen LogP contribution is -2.24. The molecule has 19 heavy (non-hydrogen) atoms. The summed E-state index contributed by atoms with van der Waals surface area (Å²) in [6.45, 7) is 4.27. The number of aromatic nitrogens is 2. The van der Waals surface area contributed by atoms with E-state index < -0.39 is 5.97 Å². The number of rotatable bonds is 2. The predicted molar refractivity (Wildman–Crippen MR) is 69.4 cm³/mol. The summed E-state index contributed by atoms with van der Waals surface area (Å²) in [4.78, 5) is 11.5. The number of aryl methyl sites for hydroxylation is 1. The van der Waals surface area contributed by atoms with Gasteiger partial charge in [-0.25, -0.2) is 9.48 Å². The summed E-state index contributed by atoms with van der Waals surface area (Å²) in [6, 6.07) is 0. The molecule has 1 aromatic heterocycles. The summed E-state index contributed by atoms with van der Waals surface area (Å²) in [5, 5.41) is 17.1. The minimum Gasteiger partial charge on any atom is -0.477 e. The molecule has 0 aromatic carbocycles. The van der Waals surface area contributed by atoms with Crippen molar-refractivity contribution in [3.63, 3.8) is 0 Å². The van der Waals surface area contributed by atoms with Gasteiger partial charge >= 0.3 is 5.97 Å². The van der Waals surface area contributed by atoms with Gasteiger partial charge in [-0.1, -0.05) is 6.08 Å². The molecule has 6 heteroatoms. The molecule has 1 atom stereocenters. The van der Waals surface area contributed by atoms with E-state index in [0.29, 0.717) is 18.1 Å². The number of hydrogen-bond donors (Lipinski definition) is 2. The normalized spacial score (nSPS) is 22.4. The molecule has 3 rings (SSSR count). The molecule has 2 N–H and O–H groups in total. The van der Waals surface area contributed by atoms with Crippen LogP contribution < -0.4 is 10.1 Å². The molecule has 2 aliphatic rings. The fourth-order valence-electron chi connectivity index (χ4n) is 2.53. The molecule has 1 aromatic rings. The summed E-state index contributed by atoms with van der Waals surface area (Å²) < 4.78 is 7.35. The van der Waals surface area contributed by atoms with Crippen molar-refractivity contribution in [2.45, 2.75) is 32.4 Å². The quantitative estimate of drug-likeness (QED) is 0.836. The summed E-state index contributed by atoms with van der Waals surface area (Å²) in [7, 11) is 0. The molecule has 102 valence electrons. The van der Waals surface area contributed by atoms with Gasteiger partial charge in [0.15, 0.2) is 0 Å². The molecular formula is C13H17N3O3. The number of aromatic carboxylic acids is 1.